The first kappa shape index (κ1) is 12.4. The van der Waals surface area contributed by atoms with Crippen molar-refractivity contribution in [3.05, 3.63) is 0 Å². The molecule has 2 saturated heterocycles. The SMILES string of the molecule is CNC(=O)CCN1[C@@H]2CC[C@H]1CC(=O)N(C)C2. The van der Waals surface area contributed by atoms with Gasteiger partial charge in [0.05, 0.1) is 0 Å². The summed E-state index contributed by atoms with van der Waals surface area (Å²) in [5, 5.41) is 2.64. The van der Waals surface area contributed by atoms with E-state index in [0.717, 1.165) is 25.9 Å². The quantitative estimate of drug-likeness (QED) is 0.743. The topological polar surface area (TPSA) is 52.7 Å². The smallest absolute Gasteiger partial charge is 0.223 e. The van der Waals surface area contributed by atoms with Crippen molar-refractivity contribution in [3.63, 3.8) is 0 Å². The molecule has 2 atom stereocenters. The fourth-order valence-electron chi connectivity index (χ4n) is 2.93. The molecule has 0 radical (unpaired) electrons. The zero-order valence-electron chi connectivity index (χ0n) is 10.6. The van der Waals surface area contributed by atoms with Crippen LogP contribution in [0.3, 0.4) is 0 Å². The van der Waals surface area contributed by atoms with Crippen molar-refractivity contribution in [2.24, 2.45) is 0 Å². The molecule has 0 aromatic rings. The van der Waals surface area contributed by atoms with E-state index in [0.29, 0.717) is 24.9 Å². The molecule has 2 bridgehead atoms. The van der Waals surface area contributed by atoms with Gasteiger partial charge in [-0.3, -0.25) is 14.5 Å². The molecule has 17 heavy (non-hydrogen) atoms. The summed E-state index contributed by atoms with van der Waals surface area (Å²) >= 11 is 0. The highest BCUT2D eigenvalue weighted by Gasteiger charge is 2.38. The van der Waals surface area contributed by atoms with Crippen LogP contribution in [0, 0.1) is 0 Å². The standard InChI is InChI=1S/C12H21N3O2/c1-13-11(16)5-6-15-9-3-4-10(15)8-14(2)12(17)7-9/h9-10H,3-8H2,1-2H3,(H,13,16)/t9-,10+/m0/s1. The normalized spacial score (nSPS) is 29.3. The average molecular weight is 239 g/mol. The molecule has 5 nitrogen and oxygen atoms in total. The molecule has 5 heteroatoms. The number of hydrogen-bond acceptors (Lipinski definition) is 3. The minimum atomic E-state index is 0.0772. The van der Waals surface area contributed by atoms with Gasteiger partial charge in [0.25, 0.3) is 0 Å². The number of likely N-dealkylation sites (N-methyl/N-ethyl adjacent to an activating group) is 1. The Morgan fingerprint density at radius 2 is 2.12 bits per heavy atom. The van der Waals surface area contributed by atoms with Crippen molar-refractivity contribution in [1.29, 1.82) is 0 Å². The second kappa shape index (κ2) is 5.04. The summed E-state index contributed by atoms with van der Waals surface area (Å²) in [7, 11) is 3.54. The summed E-state index contributed by atoms with van der Waals surface area (Å²) < 4.78 is 0. The van der Waals surface area contributed by atoms with E-state index < -0.39 is 0 Å². The van der Waals surface area contributed by atoms with Gasteiger partial charge >= 0.3 is 0 Å². The van der Waals surface area contributed by atoms with Gasteiger partial charge in [-0.25, -0.2) is 0 Å². The number of amides is 2. The van der Waals surface area contributed by atoms with Crippen molar-refractivity contribution in [2.45, 2.75) is 37.8 Å². The zero-order chi connectivity index (χ0) is 12.4. The van der Waals surface area contributed by atoms with Gasteiger partial charge < -0.3 is 10.2 Å². The van der Waals surface area contributed by atoms with E-state index >= 15 is 0 Å². The predicted molar refractivity (Wildman–Crippen MR) is 64.5 cm³/mol. The van der Waals surface area contributed by atoms with Crippen LogP contribution in [-0.4, -0.2) is 60.9 Å². The molecule has 2 amide bonds. The summed E-state index contributed by atoms with van der Waals surface area (Å²) in [6, 6.07) is 0.795. The summed E-state index contributed by atoms with van der Waals surface area (Å²) in [6.45, 7) is 1.58. The Morgan fingerprint density at radius 3 is 2.82 bits per heavy atom. The fraction of sp³-hybridized carbons (Fsp3) is 0.833. The second-order valence-electron chi connectivity index (χ2n) is 5.02. The van der Waals surface area contributed by atoms with Crippen LogP contribution in [-0.2, 0) is 9.59 Å². The van der Waals surface area contributed by atoms with Gasteiger partial charge in [-0.15, -0.1) is 0 Å². The molecule has 0 saturated carbocycles. The average Bonchev–Trinajstić information content (AvgIpc) is 2.62. The molecule has 0 aliphatic carbocycles. The Bertz CT molecular complexity index is 319. The molecule has 0 aromatic heterocycles. The van der Waals surface area contributed by atoms with Gasteiger partial charge in [0.15, 0.2) is 0 Å². The number of rotatable bonds is 3. The van der Waals surface area contributed by atoms with Crippen LogP contribution in [0.1, 0.15) is 25.7 Å². The van der Waals surface area contributed by atoms with E-state index in [1.807, 2.05) is 11.9 Å². The van der Waals surface area contributed by atoms with Crippen LogP contribution in [0.2, 0.25) is 0 Å². The highest BCUT2D eigenvalue weighted by Crippen LogP contribution is 2.30. The molecule has 96 valence electrons. The molecule has 2 aliphatic rings. The predicted octanol–water partition coefficient (Wildman–Crippen LogP) is -0.182. The van der Waals surface area contributed by atoms with Crippen LogP contribution in [0.15, 0.2) is 0 Å². The third-order valence-electron chi connectivity index (χ3n) is 3.97. The maximum Gasteiger partial charge on any atom is 0.223 e. The van der Waals surface area contributed by atoms with Gasteiger partial charge in [-0.05, 0) is 12.8 Å². The Balaban J connectivity index is 1.98. The fourth-order valence-corrected chi connectivity index (χ4v) is 2.93. The molecule has 0 spiro atoms. The molecule has 2 rings (SSSR count). The third-order valence-corrected chi connectivity index (χ3v) is 3.97. The largest absolute Gasteiger partial charge is 0.359 e. The molecular formula is C12H21N3O2. The molecule has 0 aromatic carbocycles. The lowest BCUT2D eigenvalue weighted by Crippen LogP contribution is -2.40. The summed E-state index contributed by atoms with van der Waals surface area (Å²) in [5.41, 5.74) is 0. The number of fused-ring (bicyclic) bond motifs is 2. The molecule has 1 N–H and O–H groups in total. The Labute approximate surface area is 102 Å². The summed E-state index contributed by atoms with van der Waals surface area (Å²) in [6.07, 6.45) is 3.39. The van der Waals surface area contributed by atoms with Crippen LogP contribution in [0.25, 0.3) is 0 Å². The first-order valence-corrected chi connectivity index (χ1v) is 6.32. The number of hydrogen-bond donors (Lipinski definition) is 1. The van der Waals surface area contributed by atoms with E-state index in [-0.39, 0.29) is 11.8 Å². The molecule has 2 heterocycles. The first-order chi connectivity index (χ1) is 8.11. The van der Waals surface area contributed by atoms with Gasteiger partial charge in [-0.1, -0.05) is 0 Å². The molecular weight excluding hydrogens is 218 g/mol. The zero-order valence-corrected chi connectivity index (χ0v) is 10.6. The van der Waals surface area contributed by atoms with Crippen molar-refractivity contribution in [1.82, 2.24) is 15.1 Å². The Hall–Kier alpha value is -1.10. The van der Waals surface area contributed by atoms with Crippen LogP contribution in [0.5, 0.6) is 0 Å². The summed E-state index contributed by atoms with van der Waals surface area (Å²) in [4.78, 5) is 27.2. The number of carbonyl (C=O) groups is 2. The van der Waals surface area contributed by atoms with Gasteiger partial charge in [0.1, 0.15) is 0 Å². The Morgan fingerprint density at radius 1 is 1.41 bits per heavy atom. The van der Waals surface area contributed by atoms with E-state index in [9.17, 15) is 9.59 Å². The minimum absolute atomic E-state index is 0.0772. The van der Waals surface area contributed by atoms with E-state index in [1.54, 1.807) is 7.05 Å². The number of nitrogens with zero attached hydrogens (tertiary/aromatic N) is 2. The molecule has 0 unspecified atom stereocenters. The van der Waals surface area contributed by atoms with Crippen molar-refractivity contribution >= 4 is 11.8 Å². The van der Waals surface area contributed by atoms with Crippen LogP contribution >= 0.6 is 0 Å². The molecule has 2 aliphatic heterocycles. The molecule has 2 fully saturated rings. The summed E-state index contributed by atoms with van der Waals surface area (Å²) in [5.74, 6) is 0.315. The van der Waals surface area contributed by atoms with E-state index in [1.165, 1.54) is 0 Å². The van der Waals surface area contributed by atoms with Crippen molar-refractivity contribution in [2.75, 3.05) is 27.2 Å². The number of likely N-dealkylation sites (tertiary alicyclic amines) is 1. The highest BCUT2D eigenvalue weighted by molar-refractivity contribution is 5.77. The van der Waals surface area contributed by atoms with Gasteiger partial charge in [-0.2, -0.15) is 0 Å². The monoisotopic (exact) mass is 239 g/mol. The van der Waals surface area contributed by atoms with E-state index in [2.05, 4.69) is 10.2 Å². The second-order valence-corrected chi connectivity index (χ2v) is 5.02. The highest BCUT2D eigenvalue weighted by atomic mass is 16.2. The van der Waals surface area contributed by atoms with Gasteiger partial charge in [0.2, 0.25) is 11.8 Å². The van der Waals surface area contributed by atoms with Gasteiger partial charge in [0, 0.05) is 52.1 Å². The minimum Gasteiger partial charge on any atom is -0.359 e. The number of carbonyl (C=O) groups excluding carboxylic acids is 2. The lowest BCUT2D eigenvalue weighted by atomic mass is 10.1. The Kier molecular flexibility index (Phi) is 3.66. The third kappa shape index (κ3) is 2.60. The number of nitrogens with one attached hydrogen (secondary N) is 1. The lowest BCUT2D eigenvalue weighted by molar-refractivity contribution is -0.130. The maximum absolute atomic E-state index is 11.8. The van der Waals surface area contributed by atoms with Crippen LogP contribution in [0.4, 0.5) is 0 Å². The maximum atomic E-state index is 11.8. The van der Waals surface area contributed by atoms with Crippen molar-refractivity contribution < 1.29 is 9.59 Å². The first-order valence-electron chi connectivity index (χ1n) is 6.32. The van der Waals surface area contributed by atoms with E-state index in [4.69, 9.17) is 0 Å². The van der Waals surface area contributed by atoms with Crippen LogP contribution < -0.4 is 5.32 Å². The lowest BCUT2D eigenvalue weighted by Gasteiger charge is -2.27. The van der Waals surface area contributed by atoms with Crippen molar-refractivity contribution in [3.8, 4) is 0 Å².